The Hall–Kier alpha value is -2.90. The van der Waals surface area contributed by atoms with Crippen molar-refractivity contribution in [1.29, 1.82) is 0 Å². The van der Waals surface area contributed by atoms with E-state index >= 15 is 0 Å². The zero-order valence-corrected chi connectivity index (χ0v) is 17.4. The SMILES string of the molecule is COC(=O)[C@H](COCC[C@H](C)OCc1ccccc1)NC(=O)OCc1ccccc1. The zero-order chi connectivity index (χ0) is 21.6. The van der Waals surface area contributed by atoms with Gasteiger partial charge in [-0.15, -0.1) is 0 Å². The molecule has 0 fully saturated rings. The molecule has 1 N–H and O–H groups in total. The van der Waals surface area contributed by atoms with E-state index in [0.717, 1.165) is 11.1 Å². The maximum absolute atomic E-state index is 12.0. The van der Waals surface area contributed by atoms with Gasteiger partial charge in [0.25, 0.3) is 0 Å². The molecule has 0 spiro atoms. The van der Waals surface area contributed by atoms with E-state index in [2.05, 4.69) is 5.32 Å². The van der Waals surface area contributed by atoms with Gasteiger partial charge >= 0.3 is 12.1 Å². The number of carbonyl (C=O) groups excluding carboxylic acids is 2. The number of methoxy groups -OCH3 is 1. The third-order valence-corrected chi connectivity index (χ3v) is 4.32. The molecular formula is C23H29NO6. The molecule has 0 unspecified atom stereocenters. The predicted molar refractivity (Wildman–Crippen MR) is 112 cm³/mol. The fourth-order valence-electron chi connectivity index (χ4n) is 2.56. The highest BCUT2D eigenvalue weighted by Crippen LogP contribution is 2.06. The summed E-state index contributed by atoms with van der Waals surface area (Å²) < 4.78 is 21.2. The van der Waals surface area contributed by atoms with E-state index in [9.17, 15) is 9.59 Å². The Balaban J connectivity index is 1.67. The molecule has 1 amide bonds. The summed E-state index contributed by atoms with van der Waals surface area (Å²) in [6, 6.07) is 18.2. The summed E-state index contributed by atoms with van der Waals surface area (Å²) in [5.74, 6) is -0.597. The van der Waals surface area contributed by atoms with Crippen molar-refractivity contribution in [3.05, 3.63) is 71.8 Å². The van der Waals surface area contributed by atoms with Crippen molar-refractivity contribution in [2.45, 2.75) is 38.7 Å². The van der Waals surface area contributed by atoms with Crippen LogP contribution in [0.25, 0.3) is 0 Å². The number of nitrogens with one attached hydrogen (secondary N) is 1. The molecule has 2 aromatic carbocycles. The van der Waals surface area contributed by atoms with E-state index < -0.39 is 18.1 Å². The molecule has 162 valence electrons. The molecule has 0 saturated carbocycles. The smallest absolute Gasteiger partial charge is 0.408 e. The van der Waals surface area contributed by atoms with Crippen molar-refractivity contribution in [3.63, 3.8) is 0 Å². The number of esters is 1. The van der Waals surface area contributed by atoms with E-state index in [0.29, 0.717) is 19.6 Å². The van der Waals surface area contributed by atoms with Crippen LogP contribution < -0.4 is 5.32 Å². The molecule has 7 nitrogen and oxygen atoms in total. The number of ether oxygens (including phenoxy) is 4. The molecule has 0 bridgehead atoms. The molecule has 0 saturated heterocycles. The average molecular weight is 415 g/mol. The molecule has 0 aliphatic heterocycles. The van der Waals surface area contributed by atoms with Crippen molar-refractivity contribution in [2.24, 2.45) is 0 Å². The molecule has 0 aliphatic rings. The Kier molecular flexibility index (Phi) is 10.4. The normalized spacial score (nSPS) is 12.6. The number of alkyl carbamates (subject to hydrolysis) is 1. The number of benzene rings is 2. The van der Waals surface area contributed by atoms with Crippen LogP contribution in [-0.2, 0) is 37.0 Å². The number of hydrogen-bond donors (Lipinski definition) is 1. The Morgan fingerprint density at radius 1 is 0.933 bits per heavy atom. The number of hydrogen-bond acceptors (Lipinski definition) is 6. The van der Waals surface area contributed by atoms with Crippen LogP contribution in [0.5, 0.6) is 0 Å². The van der Waals surface area contributed by atoms with Crippen LogP contribution in [0.3, 0.4) is 0 Å². The molecule has 0 aromatic heterocycles. The van der Waals surface area contributed by atoms with Crippen molar-refractivity contribution in [3.8, 4) is 0 Å². The van der Waals surface area contributed by atoms with E-state index in [-0.39, 0.29) is 19.3 Å². The van der Waals surface area contributed by atoms with Crippen LogP contribution in [0.4, 0.5) is 4.79 Å². The van der Waals surface area contributed by atoms with Gasteiger partial charge in [-0.05, 0) is 24.5 Å². The van der Waals surface area contributed by atoms with Gasteiger partial charge in [0.1, 0.15) is 6.61 Å². The van der Waals surface area contributed by atoms with Gasteiger partial charge in [0.05, 0.1) is 26.4 Å². The first kappa shape index (κ1) is 23.4. The van der Waals surface area contributed by atoms with Crippen molar-refractivity contribution < 1.29 is 28.5 Å². The lowest BCUT2D eigenvalue weighted by molar-refractivity contribution is -0.144. The minimum absolute atomic E-state index is 0.00872. The van der Waals surface area contributed by atoms with Crippen LogP contribution in [0.15, 0.2) is 60.7 Å². The fourth-order valence-corrected chi connectivity index (χ4v) is 2.56. The van der Waals surface area contributed by atoms with Crippen molar-refractivity contribution in [2.75, 3.05) is 20.3 Å². The van der Waals surface area contributed by atoms with Crippen molar-refractivity contribution in [1.82, 2.24) is 5.32 Å². The highest BCUT2D eigenvalue weighted by atomic mass is 16.6. The summed E-state index contributed by atoms with van der Waals surface area (Å²) in [5, 5.41) is 2.48. The maximum Gasteiger partial charge on any atom is 0.408 e. The summed E-state index contributed by atoms with van der Waals surface area (Å²) in [7, 11) is 1.26. The first-order valence-electron chi connectivity index (χ1n) is 9.86. The lowest BCUT2D eigenvalue weighted by atomic mass is 10.2. The quantitative estimate of drug-likeness (QED) is 0.422. The van der Waals surface area contributed by atoms with Gasteiger partial charge in [-0.1, -0.05) is 60.7 Å². The van der Waals surface area contributed by atoms with Gasteiger partial charge < -0.3 is 24.3 Å². The highest BCUT2D eigenvalue weighted by molar-refractivity contribution is 5.81. The first-order valence-corrected chi connectivity index (χ1v) is 9.86. The lowest BCUT2D eigenvalue weighted by Crippen LogP contribution is -2.45. The van der Waals surface area contributed by atoms with Gasteiger partial charge in [0.15, 0.2) is 6.04 Å². The van der Waals surface area contributed by atoms with Gasteiger partial charge in [-0.3, -0.25) is 0 Å². The second-order valence-electron chi connectivity index (χ2n) is 6.75. The Morgan fingerprint density at radius 2 is 1.53 bits per heavy atom. The molecular weight excluding hydrogens is 386 g/mol. The highest BCUT2D eigenvalue weighted by Gasteiger charge is 2.22. The Morgan fingerprint density at radius 3 is 2.13 bits per heavy atom. The maximum atomic E-state index is 12.0. The number of amides is 1. The Bertz CT molecular complexity index is 753. The van der Waals surface area contributed by atoms with Crippen LogP contribution in [0, 0.1) is 0 Å². The number of rotatable bonds is 12. The fraction of sp³-hybridized carbons (Fsp3) is 0.391. The average Bonchev–Trinajstić information content (AvgIpc) is 2.79. The summed E-state index contributed by atoms with van der Waals surface area (Å²) in [4.78, 5) is 23.9. The first-order chi connectivity index (χ1) is 14.6. The summed E-state index contributed by atoms with van der Waals surface area (Å²) in [6.07, 6.45) is -0.0675. The second-order valence-corrected chi connectivity index (χ2v) is 6.75. The molecule has 2 rings (SSSR count). The number of carbonyl (C=O) groups is 2. The van der Waals surface area contributed by atoms with E-state index in [1.165, 1.54) is 7.11 Å². The topological polar surface area (TPSA) is 83.1 Å². The molecule has 2 atom stereocenters. The predicted octanol–water partition coefficient (Wildman–Crippen LogP) is 3.47. The summed E-state index contributed by atoms with van der Waals surface area (Å²) >= 11 is 0. The monoisotopic (exact) mass is 415 g/mol. The molecule has 30 heavy (non-hydrogen) atoms. The minimum atomic E-state index is -0.946. The molecule has 7 heteroatoms. The minimum Gasteiger partial charge on any atom is -0.467 e. The third kappa shape index (κ3) is 9.07. The van der Waals surface area contributed by atoms with Gasteiger partial charge in [-0.25, -0.2) is 9.59 Å². The standard InChI is InChI=1S/C23H29NO6/c1-18(29-15-19-9-5-3-6-10-19)13-14-28-17-21(22(25)27-2)24-23(26)30-16-20-11-7-4-8-12-20/h3-12,18,21H,13-17H2,1-2H3,(H,24,26)/t18-,21-/m0/s1. The van der Waals surface area contributed by atoms with Crippen LogP contribution in [0.1, 0.15) is 24.5 Å². The van der Waals surface area contributed by atoms with Crippen LogP contribution in [-0.4, -0.2) is 44.5 Å². The van der Waals surface area contributed by atoms with Gasteiger partial charge in [-0.2, -0.15) is 0 Å². The van der Waals surface area contributed by atoms with Crippen LogP contribution in [0.2, 0.25) is 0 Å². The Labute approximate surface area is 177 Å². The van der Waals surface area contributed by atoms with E-state index in [1.807, 2.05) is 67.6 Å². The molecule has 0 heterocycles. The largest absolute Gasteiger partial charge is 0.467 e. The summed E-state index contributed by atoms with van der Waals surface area (Å²) in [5.41, 5.74) is 1.96. The van der Waals surface area contributed by atoms with Gasteiger partial charge in [0.2, 0.25) is 0 Å². The summed E-state index contributed by atoms with van der Waals surface area (Å²) in [6.45, 7) is 2.96. The molecule has 0 radical (unpaired) electrons. The lowest BCUT2D eigenvalue weighted by Gasteiger charge is -2.18. The van der Waals surface area contributed by atoms with E-state index in [1.54, 1.807) is 0 Å². The molecule has 2 aromatic rings. The van der Waals surface area contributed by atoms with Crippen LogP contribution >= 0.6 is 0 Å². The third-order valence-electron chi connectivity index (χ3n) is 4.32. The van der Waals surface area contributed by atoms with E-state index in [4.69, 9.17) is 18.9 Å². The molecule has 0 aliphatic carbocycles. The zero-order valence-electron chi connectivity index (χ0n) is 17.4. The van der Waals surface area contributed by atoms with Gasteiger partial charge in [0, 0.05) is 6.61 Å². The van der Waals surface area contributed by atoms with Crippen molar-refractivity contribution >= 4 is 12.1 Å². The second kappa shape index (κ2) is 13.3.